The highest BCUT2D eigenvalue weighted by Gasteiger charge is 2.39. The van der Waals surface area contributed by atoms with E-state index in [1.807, 2.05) is 0 Å². The fourth-order valence-corrected chi connectivity index (χ4v) is 2.32. The van der Waals surface area contributed by atoms with Gasteiger partial charge in [0.1, 0.15) is 22.7 Å². The Balaban J connectivity index is 2.95. The van der Waals surface area contributed by atoms with Crippen LogP contribution in [0.3, 0.4) is 0 Å². The number of benzene rings is 1. The molecule has 2 rings (SSSR count). The zero-order chi connectivity index (χ0) is 19.1. The van der Waals surface area contributed by atoms with Crippen LogP contribution in [-0.4, -0.2) is 16.4 Å². The number of alkyl halides is 3. The van der Waals surface area contributed by atoms with Crippen molar-refractivity contribution in [3.8, 4) is 17.5 Å². The minimum Gasteiger partial charge on any atom is -0.495 e. The molecular weight excluding hydrogens is 372 g/mol. The summed E-state index contributed by atoms with van der Waals surface area (Å²) in [6.07, 6.45) is -5.19. The van der Waals surface area contributed by atoms with E-state index in [4.69, 9.17) is 27.4 Å². The number of nitriles is 1. The third-order valence-electron chi connectivity index (χ3n) is 3.14. The molecule has 2 N–H and O–H groups in total. The predicted octanol–water partition coefficient (Wildman–Crippen LogP) is 1.40. The number of hydrogen-bond acceptors (Lipinski definition) is 5. The maximum absolute atomic E-state index is 14.2. The first-order chi connectivity index (χ1) is 11.5. The molecule has 0 radical (unpaired) electrons. The molecule has 0 saturated heterocycles. The lowest BCUT2D eigenvalue weighted by Crippen LogP contribution is -2.46. The van der Waals surface area contributed by atoms with Gasteiger partial charge in [-0.05, 0) is 6.07 Å². The van der Waals surface area contributed by atoms with E-state index in [-0.39, 0.29) is 15.9 Å². The first-order valence-corrected chi connectivity index (χ1v) is 6.60. The summed E-state index contributed by atoms with van der Waals surface area (Å²) in [6, 6.07) is 3.05. The Labute approximate surface area is 141 Å². The second kappa shape index (κ2) is 6.14. The lowest BCUT2D eigenvalue weighted by atomic mass is 10.2. The number of rotatable bonds is 2. The molecule has 1 aromatic carbocycles. The van der Waals surface area contributed by atoms with Gasteiger partial charge in [-0.25, -0.2) is 18.4 Å². The van der Waals surface area contributed by atoms with E-state index in [9.17, 15) is 27.2 Å². The Kier molecular flexibility index (Phi) is 4.50. The van der Waals surface area contributed by atoms with Crippen molar-refractivity contribution in [1.29, 1.82) is 5.26 Å². The van der Waals surface area contributed by atoms with Gasteiger partial charge in [0.25, 0.3) is 5.56 Å². The van der Waals surface area contributed by atoms with Crippen LogP contribution in [0.5, 0.6) is 5.75 Å². The quantitative estimate of drug-likeness (QED) is 0.628. The highest BCUT2D eigenvalue weighted by molar-refractivity contribution is 6.31. The first-order valence-electron chi connectivity index (χ1n) is 6.22. The van der Waals surface area contributed by atoms with Crippen LogP contribution in [0.4, 0.5) is 17.6 Å². The third-order valence-corrected chi connectivity index (χ3v) is 3.48. The van der Waals surface area contributed by atoms with Crippen molar-refractivity contribution in [2.75, 3.05) is 13.0 Å². The van der Waals surface area contributed by atoms with E-state index in [1.54, 1.807) is 6.07 Å². The second-order valence-corrected chi connectivity index (χ2v) is 4.95. The molecule has 0 spiro atoms. The maximum Gasteiger partial charge on any atom is 0.435 e. The minimum absolute atomic E-state index is 0.0105. The molecule has 25 heavy (non-hydrogen) atoms. The van der Waals surface area contributed by atoms with Crippen LogP contribution in [0, 0.1) is 17.1 Å². The Morgan fingerprint density at radius 2 is 1.92 bits per heavy atom. The highest BCUT2D eigenvalue weighted by atomic mass is 35.5. The molecule has 0 bridgehead atoms. The molecule has 132 valence electrons. The zero-order valence-electron chi connectivity index (χ0n) is 12.2. The average Bonchev–Trinajstić information content (AvgIpc) is 2.53. The van der Waals surface area contributed by atoms with E-state index < -0.39 is 44.3 Å². The Morgan fingerprint density at radius 3 is 2.40 bits per heavy atom. The van der Waals surface area contributed by atoms with Crippen LogP contribution in [0.1, 0.15) is 11.3 Å². The maximum atomic E-state index is 14.2. The lowest BCUT2D eigenvalue weighted by Gasteiger charge is -2.16. The molecule has 7 nitrogen and oxygen atoms in total. The molecule has 12 heteroatoms. The molecule has 0 aliphatic rings. The summed E-state index contributed by atoms with van der Waals surface area (Å²) in [7, 11) is 1.13. The van der Waals surface area contributed by atoms with E-state index >= 15 is 0 Å². The topological polar surface area (TPSA) is 103 Å². The van der Waals surface area contributed by atoms with Gasteiger partial charge in [0.05, 0.1) is 18.4 Å². The number of methoxy groups -OCH3 is 1. The number of nitrogens with zero attached hydrogens (tertiary/aromatic N) is 3. The number of aromatic nitrogens is 2. The third kappa shape index (κ3) is 2.91. The lowest BCUT2D eigenvalue weighted by molar-refractivity contribution is -0.143. The SMILES string of the molecule is COc1cc(-n2c(=O)c(Cl)c(C(F)(F)F)n(N)c2=O)c(F)cc1C#N. The molecule has 0 amide bonds. The van der Waals surface area contributed by atoms with Crippen LogP contribution in [0.15, 0.2) is 21.7 Å². The molecule has 2 aromatic rings. The van der Waals surface area contributed by atoms with Crippen molar-refractivity contribution in [3.63, 3.8) is 0 Å². The molecule has 0 aliphatic carbocycles. The van der Waals surface area contributed by atoms with Gasteiger partial charge in [0, 0.05) is 6.07 Å². The van der Waals surface area contributed by atoms with Gasteiger partial charge in [-0.1, -0.05) is 11.6 Å². The second-order valence-electron chi connectivity index (χ2n) is 4.57. The number of ether oxygens (including phenoxy) is 1. The van der Waals surface area contributed by atoms with Gasteiger partial charge in [0.2, 0.25) is 0 Å². The van der Waals surface area contributed by atoms with Crippen LogP contribution >= 0.6 is 11.6 Å². The highest BCUT2D eigenvalue weighted by Crippen LogP contribution is 2.31. The predicted molar refractivity (Wildman–Crippen MR) is 77.7 cm³/mol. The molecule has 1 heterocycles. The largest absolute Gasteiger partial charge is 0.495 e. The number of nitrogens with two attached hydrogens (primary N) is 1. The summed E-state index contributed by atoms with van der Waals surface area (Å²) in [5, 5.41) is 7.44. The van der Waals surface area contributed by atoms with Crippen molar-refractivity contribution in [1.82, 2.24) is 9.24 Å². The average molecular weight is 379 g/mol. The van der Waals surface area contributed by atoms with Gasteiger partial charge >= 0.3 is 11.9 Å². The summed E-state index contributed by atoms with van der Waals surface area (Å²) < 4.78 is 57.3. The number of halogens is 5. The first kappa shape index (κ1) is 18.3. The molecule has 0 atom stereocenters. The zero-order valence-corrected chi connectivity index (χ0v) is 12.9. The standard InChI is InChI=1S/C13H7ClF4N4O3/c1-25-8-3-7(6(15)2-5(8)4-19)21-11(23)9(14)10(13(16,17)18)22(20)12(21)24/h2-3H,20H2,1H3. The van der Waals surface area contributed by atoms with Crippen molar-refractivity contribution in [2.45, 2.75) is 6.18 Å². The number of hydrogen-bond donors (Lipinski definition) is 1. The Morgan fingerprint density at radius 1 is 1.32 bits per heavy atom. The molecule has 0 unspecified atom stereocenters. The monoisotopic (exact) mass is 378 g/mol. The summed E-state index contributed by atoms with van der Waals surface area (Å²) in [5.74, 6) is 3.63. The van der Waals surface area contributed by atoms with Crippen molar-refractivity contribution < 1.29 is 22.3 Å². The minimum atomic E-state index is -5.19. The molecule has 1 aromatic heterocycles. The molecule has 0 fully saturated rings. The van der Waals surface area contributed by atoms with E-state index in [0.717, 1.165) is 13.2 Å². The normalized spacial score (nSPS) is 11.2. The van der Waals surface area contributed by atoms with Crippen LogP contribution in [0.25, 0.3) is 5.69 Å². The van der Waals surface area contributed by atoms with Crippen molar-refractivity contribution in [2.24, 2.45) is 0 Å². The van der Waals surface area contributed by atoms with Crippen LogP contribution < -0.4 is 21.8 Å². The van der Waals surface area contributed by atoms with Crippen LogP contribution in [0.2, 0.25) is 5.02 Å². The van der Waals surface area contributed by atoms with Crippen molar-refractivity contribution in [3.05, 3.63) is 55.1 Å². The Hall–Kier alpha value is -3.00. The van der Waals surface area contributed by atoms with E-state index in [1.165, 1.54) is 0 Å². The Bertz CT molecular complexity index is 983. The van der Waals surface area contributed by atoms with E-state index in [2.05, 4.69) is 0 Å². The van der Waals surface area contributed by atoms with Gasteiger partial charge in [-0.2, -0.15) is 18.4 Å². The van der Waals surface area contributed by atoms with Gasteiger partial charge < -0.3 is 10.6 Å². The fraction of sp³-hybridized carbons (Fsp3) is 0.154. The fourth-order valence-electron chi connectivity index (χ4n) is 2.04. The summed E-state index contributed by atoms with van der Waals surface area (Å²) in [5.41, 5.74) is -6.23. The summed E-state index contributed by atoms with van der Waals surface area (Å²) in [4.78, 5) is 24.2. The molecule has 0 saturated carbocycles. The van der Waals surface area contributed by atoms with Gasteiger partial charge in [0.15, 0.2) is 5.69 Å². The molecule has 0 aliphatic heterocycles. The summed E-state index contributed by atoms with van der Waals surface area (Å²) >= 11 is 5.40. The molecular formula is C13H7ClF4N4O3. The van der Waals surface area contributed by atoms with Gasteiger partial charge in [-0.3, -0.25) is 4.79 Å². The van der Waals surface area contributed by atoms with E-state index in [0.29, 0.717) is 6.07 Å². The number of nitrogen functional groups attached to an aromatic ring is 1. The van der Waals surface area contributed by atoms with Gasteiger partial charge in [-0.15, -0.1) is 0 Å². The summed E-state index contributed by atoms with van der Waals surface area (Å²) in [6.45, 7) is 0. The van der Waals surface area contributed by atoms with Crippen molar-refractivity contribution >= 4 is 11.6 Å². The van der Waals surface area contributed by atoms with Crippen LogP contribution in [-0.2, 0) is 6.18 Å². The smallest absolute Gasteiger partial charge is 0.435 e.